The van der Waals surface area contributed by atoms with E-state index >= 15 is 0 Å². The minimum absolute atomic E-state index is 0.0142. The first-order valence-corrected chi connectivity index (χ1v) is 12.1. The van der Waals surface area contributed by atoms with Crippen LogP contribution in [0.4, 0.5) is 17.3 Å². The van der Waals surface area contributed by atoms with Crippen LogP contribution in [0, 0.1) is 17.2 Å². The van der Waals surface area contributed by atoms with Gasteiger partial charge in [0.25, 0.3) is 0 Å². The van der Waals surface area contributed by atoms with Gasteiger partial charge in [-0.3, -0.25) is 9.13 Å². The van der Waals surface area contributed by atoms with E-state index in [1.54, 1.807) is 36.1 Å². The maximum atomic E-state index is 12.8. The van der Waals surface area contributed by atoms with Crippen molar-refractivity contribution in [3.05, 3.63) is 45.3 Å². The van der Waals surface area contributed by atoms with Crippen LogP contribution in [0.2, 0.25) is 5.02 Å². The molecule has 2 atom stereocenters. The fourth-order valence-corrected chi connectivity index (χ4v) is 4.89. The minimum Gasteiger partial charge on any atom is -0.390 e. The summed E-state index contributed by atoms with van der Waals surface area (Å²) < 4.78 is 3.25. The van der Waals surface area contributed by atoms with E-state index in [-0.39, 0.29) is 11.7 Å². The lowest BCUT2D eigenvalue weighted by atomic mass is 9.96. The highest BCUT2D eigenvalue weighted by Crippen LogP contribution is 2.32. The quantitative estimate of drug-likeness (QED) is 0.477. The van der Waals surface area contributed by atoms with Crippen molar-refractivity contribution >= 4 is 40.0 Å². The lowest BCUT2D eigenvalue weighted by Gasteiger charge is -2.36. The average Bonchev–Trinajstić information content (AvgIpc) is 3.01. The lowest BCUT2D eigenvalue weighted by Crippen LogP contribution is -2.47. The number of fused-ring (bicyclic) bond motifs is 1. The van der Waals surface area contributed by atoms with Gasteiger partial charge in [0, 0.05) is 38.4 Å². The third-order valence-corrected chi connectivity index (χ3v) is 6.71. The number of aromatic nitrogens is 3. The van der Waals surface area contributed by atoms with Gasteiger partial charge in [-0.2, -0.15) is 5.26 Å². The van der Waals surface area contributed by atoms with Crippen LogP contribution in [-0.4, -0.2) is 44.0 Å². The van der Waals surface area contributed by atoms with Crippen LogP contribution in [0.5, 0.6) is 0 Å². The first kappa shape index (κ1) is 25.0. The lowest BCUT2D eigenvalue weighted by molar-refractivity contribution is 0.0662. The Hall–Kier alpha value is -3.06. The first-order chi connectivity index (χ1) is 16.5. The molecule has 10 heteroatoms. The highest BCUT2D eigenvalue weighted by molar-refractivity contribution is 6.33. The van der Waals surface area contributed by atoms with Crippen molar-refractivity contribution in [3.8, 4) is 6.07 Å². The zero-order valence-corrected chi connectivity index (χ0v) is 21.3. The SMILES string of the molecule is C[C@@H]1C[C@H](N)CN(c2nc(Nc3ccc4c(c3)n(CCC(C)(C)O)c(=O)n4C)c(Cl)cc2C#N)C1. The number of pyridine rings is 1. The fraction of sp³-hybridized carbons (Fsp3) is 0.480. The molecule has 186 valence electrons. The normalized spacial score (nSPS) is 18.6. The number of benzene rings is 1. The number of aryl methyl sites for hydroxylation is 2. The fourth-order valence-electron chi connectivity index (χ4n) is 4.69. The summed E-state index contributed by atoms with van der Waals surface area (Å²) in [6.45, 7) is 7.36. The molecule has 35 heavy (non-hydrogen) atoms. The molecule has 1 fully saturated rings. The van der Waals surface area contributed by atoms with E-state index in [2.05, 4.69) is 18.3 Å². The van der Waals surface area contributed by atoms with Gasteiger partial charge < -0.3 is 21.1 Å². The van der Waals surface area contributed by atoms with Gasteiger partial charge in [-0.15, -0.1) is 0 Å². The van der Waals surface area contributed by atoms with E-state index in [0.717, 1.165) is 24.0 Å². The van der Waals surface area contributed by atoms with Gasteiger partial charge in [0.1, 0.15) is 11.9 Å². The molecule has 1 aliphatic heterocycles. The monoisotopic (exact) mass is 497 g/mol. The summed E-state index contributed by atoms with van der Waals surface area (Å²) in [4.78, 5) is 19.6. The number of imidazole rings is 1. The molecule has 0 saturated carbocycles. The Labute approximate surface area is 209 Å². The van der Waals surface area contributed by atoms with Crippen molar-refractivity contribution in [1.82, 2.24) is 14.1 Å². The van der Waals surface area contributed by atoms with Gasteiger partial charge in [-0.25, -0.2) is 9.78 Å². The first-order valence-electron chi connectivity index (χ1n) is 11.8. The molecule has 1 aromatic carbocycles. The molecule has 2 aromatic heterocycles. The number of nitrogens with two attached hydrogens (primary N) is 1. The number of rotatable bonds is 6. The predicted molar refractivity (Wildman–Crippen MR) is 139 cm³/mol. The number of nitriles is 1. The molecule has 0 amide bonds. The zero-order chi connectivity index (χ0) is 25.5. The van der Waals surface area contributed by atoms with Crippen LogP contribution in [0.3, 0.4) is 0 Å². The van der Waals surface area contributed by atoms with E-state index in [4.69, 9.17) is 22.3 Å². The number of hydrogen-bond donors (Lipinski definition) is 3. The van der Waals surface area contributed by atoms with Gasteiger partial charge in [-0.05, 0) is 56.9 Å². The van der Waals surface area contributed by atoms with Crippen molar-refractivity contribution in [2.75, 3.05) is 23.3 Å². The smallest absolute Gasteiger partial charge is 0.328 e. The molecule has 0 bridgehead atoms. The standard InChI is InChI=1S/C25H32ClN7O2/c1-15-9-17(28)14-32(13-15)23-16(12-27)10-19(26)22(30-23)29-18-5-6-20-21(11-18)33(24(34)31(20)4)8-7-25(2,3)35/h5-6,10-11,15,17,35H,7-9,13-14,28H2,1-4H3,(H,29,30)/t15-,17+/m1/s1. The summed E-state index contributed by atoms with van der Waals surface area (Å²) in [5.74, 6) is 1.37. The second-order valence-electron chi connectivity index (χ2n) is 10.2. The predicted octanol–water partition coefficient (Wildman–Crippen LogP) is 3.34. The van der Waals surface area contributed by atoms with Crippen molar-refractivity contribution in [2.45, 2.75) is 51.8 Å². The second kappa shape index (κ2) is 9.53. The van der Waals surface area contributed by atoms with Gasteiger partial charge in [0.15, 0.2) is 5.82 Å². The summed E-state index contributed by atoms with van der Waals surface area (Å²) in [7, 11) is 1.73. The van der Waals surface area contributed by atoms with Gasteiger partial charge in [0.05, 0.1) is 27.2 Å². The van der Waals surface area contributed by atoms with Crippen molar-refractivity contribution < 1.29 is 5.11 Å². The van der Waals surface area contributed by atoms with Gasteiger partial charge in [-0.1, -0.05) is 18.5 Å². The molecule has 3 aromatic rings. The summed E-state index contributed by atoms with van der Waals surface area (Å²) in [6.07, 6.45) is 1.37. The zero-order valence-electron chi connectivity index (χ0n) is 20.5. The van der Waals surface area contributed by atoms with E-state index < -0.39 is 5.60 Å². The van der Waals surface area contributed by atoms with Crippen LogP contribution in [0.15, 0.2) is 29.1 Å². The molecule has 9 nitrogen and oxygen atoms in total. The molecule has 1 aliphatic rings. The van der Waals surface area contributed by atoms with Crippen molar-refractivity contribution in [3.63, 3.8) is 0 Å². The number of anilines is 3. The average molecular weight is 498 g/mol. The molecule has 0 aliphatic carbocycles. The van der Waals surface area contributed by atoms with Gasteiger partial charge in [0.2, 0.25) is 0 Å². The highest BCUT2D eigenvalue weighted by atomic mass is 35.5. The Morgan fingerprint density at radius 2 is 2.06 bits per heavy atom. The Morgan fingerprint density at radius 3 is 2.71 bits per heavy atom. The molecule has 3 heterocycles. The van der Waals surface area contributed by atoms with Crippen LogP contribution < -0.4 is 21.6 Å². The van der Waals surface area contributed by atoms with Crippen LogP contribution in [-0.2, 0) is 13.6 Å². The van der Waals surface area contributed by atoms with E-state index in [0.29, 0.717) is 53.3 Å². The van der Waals surface area contributed by atoms with E-state index in [1.165, 1.54) is 0 Å². The molecular formula is C25H32ClN7O2. The maximum absolute atomic E-state index is 12.8. The van der Waals surface area contributed by atoms with Crippen molar-refractivity contribution in [2.24, 2.45) is 18.7 Å². The number of hydrogen-bond acceptors (Lipinski definition) is 7. The van der Waals surface area contributed by atoms with Gasteiger partial charge >= 0.3 is 5.69 Å². The molecule has 0 unspecified atom stereocenters. The minimum atomic E-state index is -0.887. The number of nitrogens with zero attached hydrogens (tertiary/aromatic N) is 5. The molecule has 1 saturated heterocycles. The Morgan fingerprint density at radius 1 is 1.31 bits per heavy atom. The third-order valence-electron chi connectivity index (χ3n) is 6.42. The molecular weight excluding hydrogens is 466 g/mol. The topological polar surface area (TPSA) is 125 Å². The summed E-state index contributed by atoms with van der Waals surface area (Å²) >= 11 is 6.50. The number of halogens is 1. The number of piperidine rings is 1. The largest absolute Gasteiger partial charge is 0.390 e. The molecule has 4 rings (SSSR count). The summed E-state index contributed by atoms with van der Waals surface area (Å²) in [5.41, 5.74) is 7.83. The van der Waals surface area contributed by atoms with E-state index in [9.17, 15) is 15.2 Å². The molecule has 0 spiro atoms. The third kappa shape index (κ3) is 5.30. The molecule has 4 N–H and O–H groups in total. The number of nitrogens with one attached hydrogen (secondary N) is 1. The van der Waals surface area contributed by atoms with Crippen LogP contribution >= 0.6 is 11.6 Å². The molecule has 0 radical (unpaired) electrons. The highest BCUT2D eigenvalue weighted by Gasteiger charge is 2.26. The van der Waals surface area contributed by atoms with Crippen LogP contribution in [0.25, 0.3) is 11.0 Å². The maximum Gasteiger partial charge on any atom is 0.328 e. The Bertz CT molecular complexity index is 1340. The summed E-state index contributed by atoms with van der Waals surface area (Å²) in [5, 5.41) is 23.4. The van der Waals surface area contributed by atoms with Crippen LogP contribution in [0.1, 0.15) is 39.2 Å². The Balaban J connectivity index is 1.70. The summed E-state index contributed by atoms with van der Waals surface area (Å²) in [6, 6.07) is 9.43. The van der Waals surface area contributed by atoms with E-state index in [1.807, 2.05) is 23.1 Å². The number of aliphatic hydroxyl groups is 1. The second-order valence-corrected chi connectivity index (χ2v) is 10.6. The van der Waals surface area contributed by atoms with Crippen molar-refractivity contribution in [1.29, 1.82) is 5.26 Å². The Kier molecular flexibility index (Phi) is 6.82.